The number of nitrogens with two attached hydrogens (primary N) is 1. The molecule has 0 atom stereocenters. The van der Waals surface area contributed by atoms with Crippen molar-refractivity contribution in [3.63, 3.8) is 0 Å². The van der Waals surface area contributed by atoms with Crippen LogP contribution in [0, 0.1) is 11.3 Å². The Morgan fingerprint density at radius 2 is 2.12 bits per heavy atom. The summed E-state index contributed by atoms with van der Waals surface area (Å²) in [5, 5.41) is 22.3. The second-order valence-corrected chi connectivity index (χ2v) is 4.22. The highest BCUT2D eigenvalue weighted by Gasteiger charge is 2.27. The van der Waals surface area contributed by atoms with Gasteiger partial charge in [-0.25, -0.2) is 27.3 Å². The van der Waals surface area contributed by atoms with Crippen LogP contribution in [0.1, 0.15) is 17.7 Å². The predicted molar refractivity (Wildman–Crippen MR) is 46.9 cm³/mol. The number of aromatic nitrogens is 1. The summed E-state index contributed by atoms with van der Waals surface area (Å²) in [6.07, 6.45) is -2.78. The van der Waals surface area contributed by atoms with E-state index in [-0.39, 0.29) is 0 Å². The van der Waals surface area contributed by atoms with E-state index in [0.29, 0.717) is 6.20 Å². The van der Waals surface area contributed by atoms with Crippen LogP contribution in [-0.2, 0) is 10.0 Å². The van der Waals surface area contributed by atoms with E-state index in [1.54, 1.807) is 0 Å². The Morgan fingerprint density at radius 3 is 2.50 bits per heavy atom. The maximum Gasteiger partial charge on any atom is 0.268 e. The summed E-state index contributed by atoms with van der Waals surface area (Å²) in [5.41, 5.74) is -1.91. The molecule has 3 N–H and O–H groups in total. The van der Waals surface area contributed by atoms with Gasteiger partial charge < -0.3 is 5.11 Å². The largest absolute Gasteiger partial charge is 0.504 e. The minimum atomic E-state index is -4.44. The summed E-state index contributed by atoms with van der Waals surface area (Å²) < 4.78 is 46.9. The second kappa shape index (κ2) is 3.99. The number of halogens is 2. The van der Waals surface area contributed by atoms with Crippen LogP contribution in [-0.4, -0.2) is 18.5 Å². The number of alkyl halides is 2. The van der Waals surface area contributed by atoms with Crippen molar-refractivity contribution in [2.75, 3.05) is 0 Å². The van der Waals surface area contributed by atoms with Gasteiger partial charge in [0.15, 0.2) is 11.4 Å². The summed E-state index contributed by atoms with van der Waals surface area (Å²) in [6, 6.07) is 1.34. The predicted octanol–water partition coefficient (Wildman–Crippen LogP) is 0.244. The van der Waals surface area contributed by atoms with E-state index in [1.165, 1.54) is 6.07 Å². The molecular weight excluding hydrogens is 244 g/mol. The van der Waals surface area contributed by atoms with Gasteiger partial charge in [0.2, 0.25) is 10.0 Å². The number of sulfonamides is 1. The van der Waals surface area contributed by atoms with E-state index >= 15 is 0 Å². The molecule has 86 valence electrons. The number of rotatable bonds is 2. The zero-order valence-electron chi connectivity index (χ0n) is 7.55. The topological polar surface area (TPSA) is 117 Å². The summed E-state index contributed by atoms with van der Waals surface area (Å²) in [4.78, 5) is 2.20. The summed E-state index contributed by atoms with van der Waals surface area (Å²) in [7, 11) is -4.44. The van der Waals surface area contributed by atoms with E-state index < -0.39 is 38.4 Å². The van der Waals surface area contributed by atoms with E-state index in [9.17, 15) is 22.3 Å². The first-order chi connectivity index (χ1) is 7.29. The molecule has 1 heterocycles. The highest BCUT2D eigenvalue weighted by atomic mass is 32.2. The van der Waals surface area contributed by atoms with Gasteiger partial charge in [0.05, 0.1) is 5.56 Å². The smallest absolute Gasteiger partial charge is 0.268 e. The molecule has 1 rings (SSSR count). The molecule has 9 heteroatoms. The van der Waals surface area contributed by atoms with Crippen molar-refractivity contribution >= 4 is 10.0 Å². The Labute approximate surface area is 89.0 Å². The van der Waals surface area contributed by atoms with E-state index in [0.717, 1.165) is 0 Å². The monoisotopic (exact) mass is 249 g/mol. The molecule has 0 saturated carbocycles. The fraction of sp³-hybridized carbons (Fsp3) is 0.143. The van der Waals surface area contributed by atoms with Gasteiger partial charge in [-0.05, 0) is 0 Å². The van der Waals surface area contributed by atoms with Crippen molar-refractivity contribution in [1.29, 1.82) is 5.26 Å². The Morgan fingerprint density at radius 1 is 1.56 bits per heavy atom. The average Bonchev–Trinajstić information content (AvgIpc) is 2.15. The molecule has 16 heavy (non-hydrogen) atoms. The van der Waals surface area contributed by atoms with Crippen LogP contribution in [0.5, 0.6) is 5.75 Å². The lowest BCUT2D eigenvalue weighted by Gasteiger charge is -2.08. The zero-order valence-corrected chi connectivity index (χ0v) is 8.37. The van der Waals surface area contributed by atoms with Crippen molar-refractivity contribution in [2.24, 2.45) is 5.14 Å². The summed E-state index contributed by atoms with van der Waals surface area (Å²) in [6.45, 7) is 0. The number of hydrogen-bond donors (Lipinski definition) is 2. The molecule has 0 radical (unpaired) electrons. The van der Waals surface area contributed by atoms with E-state index in [4.69, 9.17) is 5.26 Å². The maximum atomic E-state index is 12.5. The molecule has 0 saturated heterocycles. The van der Waals surface area contributed by atoms with Gasteiger partial charge in [-0.1, -0.05) is 0 Å². The third kappa shape index (κ3) is 2.07. The van der Waals surface area contributed by atoms with E-state index in [2.05, 4.69) is 10.1 Å². The second-order valence-electron chi connectivity index (χ2n) is 2.69. The quantitative estimate of drug-likeness (QED) is 0.778. The van der Waals surface area contributed by atoms with Crippen molar-refractivity contribution in [3.8, 4) is 11.8 Å². The summed E-state index contributed by atoms with van der Waals surface area (Å²) >= 11 is 0. The number of hydrogen-bond acceptors (Lipinski definition) is 5. The Balaban J connectivity index is 3.69. The van der Waals surface area contributed by atoms with Gasteiger partial charge in [-0.2, -0.15) is 5.26 Å². The highest BCUT2D eigenvalue weighted by Crippen LogP contribution is 2.34. The van der Waals surface area contributed by atoms with E-state index in [1.807, 2.05) is 0 Å². The van der Waals surface area contributed by atoms with Crippen LogP contribution in [0.4, 0.5) is 8.78 Å². The molecule has 0 amide bonds. The number of nitriles is 1. The van der Waals surface area contributed by atoms with Gasteiger partial charge >= 0.3 is 0 Å². The fourth-order valence-corrected chi connectivity index (χ4v) is 1.71. The van der Waals surface area contributed by atoms with Gasteiger partial charge in [-0.15, -0.1) is 0 Å². The molecule has 0 aliphatic rings. The third-order valence-corrected chi connectivity index (χ3v) is 2.62. The highest BCUT2D eigenvalue weighted by molar-refractivity contribution is 7.89. The molecule has 0 bridgehead atoms. The molecule has 0 fully saturated rings. The van der Waals surface area contributed by atoms with Crippen LogP contribution < -0.4 is 5.14 Å². The van der Waals surface area contributed by atoms with Gasteiger partial charge in [-0.3, -0.25) is 0 Å². The minimum absolute atomic E-state index is 0.509. The average molecular weight is 249 g/mol. The van der Waals surface area contributed by atoms with Crippen LogP contribution in [0.3, 0.4) is 0 Å². The lowest BCUT2D eigenvalue weighted by molar-refractivity contribution is 0.143. The lowest BCUT2D eigenvalue weighted by Crippen LogP contribution is -2.15. The Hall–Kier alpha value is -1.79. The molecule has 1 aromatic heterocycles. The fourth-order valence-electron chi connectivity index (χ4n) is 1.02. The maximum absolute atomic E-state index is 12.5. The molecule has 0 spiro atoms. The normalized spacial score (nSPS) is 11.4. The first-order valence-corrected chi connectivity index (χ1v) is 5.26. The molecular formula is C7H5F2N3O3S. The Bertz CT molecular complexity index is 565. The van der Waals surface area contributed by atoms with Gasteiger partial charge in [0.1, 0.15) is 11.0 Å². The molecule has 0 unspecified atom stereocenters. The number of aromatic hydroxyl groups is 1. The van der Waals surface area contributed by atoms with Crippen molar-refractivity contribution < 1.29 is 22.3 Å². The standard InChI is InChI=1S/C7H5F2N3O3S/c8-7(9)5-4(16(11,14)15)2-12-3(1-10)6(5)13/h2,7,13H,(H2,11,14,15). The minimum Gasteiger partial charge on any atom is -0.504 e. The zero-order chi connectivity index (χ0) is 12.5. The van der Waals surface area contributed by atoms with Gasteiger partial charge in [0.25, 0.3) is 6.43 Å². The molecule has 0 aromatic carbocycles. The Kier molecular flexibility index (Phi) is 3.06. The van der Waals surface area contributed by atoms with Crippen LogP contribution >= 0.6 is 0 Å². The third-order valence-electron chi connectivity index (χ3n) is 1.69. The molecule has 1 aromatic rings. The van der Waals surface area contributed by atoms with Crippen molar-refractivity contribution in [2.45, 2.75) is 11.3 Å². The molecule has 6 nitrogen and oxygen atoms in total. The lowest BCUT2D eigenvalue weighted by atomic mass is 10.2. The van der Waals surface area contributed by atoms with Crippen LogP contribution in [0.15, 0.2) is 11.1 Å². The molecule has 0 aliphatic carbocycles. The van der Waals surface area contributed by atoms with Crippen molar-refractivity contribution in [3.05, 3.63) is 17.5 Å². The van der Waals surface area contributed by atoms with Crippen LogP contribution in [0.25, 0.3) is 0 Å². The number of pyridine rings is 1. The van der Waals surface area contributed by atoms with Crippen molar-refractivity contribution in [1.82, 2.24) is 4.98 Å². The molecule has 0 aliphatic heterocycles. The number of primary sulfonamides is 1. The number of nitrogens with zero attached hydrogens (tertiary/aromatic N) is 2. The summed E-state index contributed by atoms with van der Waals surface area (Å²) in [5.74, 6) is -1.18. The first-order valence-electron chi connectivity index (χ1n) is 3.72. The van der Waals surface area contributed by atoms with Gasteiger partial charge in [0, 0.05) is 6.20 Å². The SMILES string of the molecule is N#Cc1ncc(S(N)(=O)=O)c(C(F)F)c1O. The first kappa shape index (κ1) is 12.3. The van der Waals surface area contributed by atoms with Crippen LogP contribution in [0.2, 0.25) is 0 Å².